The van der Waals surface area contributed by atoms with Crippen molar-refractivity contribution in [3.63, 3.8) is 0 Å². The second-order valence-electron chi connectivity index (χ2n) is 8.98. The number of rotatable bonds is 13. The molecule has 0 amide bonds. The normalized spacial score (nSPS) is 14.8. The van der Waals surface area contributed by atoms with Crippen LogP contribution in [0.4, 0.5) is 5.69 Å². The molecule has 2 aromatic rings. The van der Waals surface area contributed by atoms with Crippen molar-refractivity contribution in [1.82, 2.24) is 25.3 Å². The third kappa shape index (κ3) is 8.10. The van der Waals surface area contributed by atoms with E-state index in [0.29, 0.717) is 5.70 Å². The predicted octanol–water partition coefficient (Wildman–Crippen LogP) is 4.73. The standard InChI is InChI=1S/C27H42N8/c1-8-10-11-12-26-27(35-31-13-14-32-35)16-23(17-30-26)34-25(9-2)24(20(5)29)15-18(3)21(6)33-22(7)19(4)28/h9,13-17,19,22,33-34H,5,8,10-12,28-29H2,1-4,6-7H3/b21-18+,24-15-,25-9-. The molecule has 0 fully saturated rings. The number of aromatic nitrogens is 4. The molecule has 2 rings (SSSR count). The van der Waals surface area contributed by atoms with Crippen LogP contribution in [0.5, 0.6) is 0 Å². The first-order valence-corrected chi connectivity index (χ1v) is 12.3. The van der Waals surface area contributed by atoms with Gasteiger partial charge in [-0.2, -0.15) is 10.2 Å². The van der Waals surface area contributed by atoms with Crippen LogP contribution in [0, 0.1) is 0 Å². The van der Waals surface area contributed by atoms with Gasteiger partial charge in [-0.15, -0.1) is 4.80 Å². The van der Waals surface area contributed by atoms with Crippen LogP contribution in [-0.2, 0) is 6.42 Å². The van der Waals surface area contributed by atoms with E-state index in [9.17, 15) is 0 Å². The Morgan fingerprint density at radius 3 is 2.46 bits per heavy atom. The minimum Gasteiger partial charge on any atom is -0.399 e. The monoisotopic (exact) mass is 478 g/mol. The summed E-state index contributed by atoms with van der Waals surface area (Å²) in [7, 11) is 0. The van der Waals surface area contributed by atoms with E-state index in [-0.39, 0.29) is 12.1 Å². The molecule has 0 bridgehead atoms. The van der Waals surface area contributed by atoms with Gasteiger partial charge in [0, 0.05) is 34.7 Å². The highest BCUT2D eigenvalue weighted by Gasteiger charge is 2.13. The minimum absolute atomic E-state index is 0.0364. The number of anilines is 1. The van der Waals surface area contributed by atoms with E-state index in [1.54, 1.807) is 17.2 Å². The van der Waals surface area contributed by atoms with E-state index in [0.717, 1.165) is 65.3 Å². The summed E-state index contributed by atoms with van der Waals surface area (Å²) in [5.41, 5.74) is 19.1. The number of hydrogen-bond donors (Lipinski definition) is 4. The second-order valence-corrected chi connectivity index (χ2v) is 8.98. The summed E-state index contributed by atoms with van der Waals surface area (Å²) >= 11 is 0. The van der Waals surface area contributed by atoms with Gasteiger partial charge in [0.05, 0.1) is 30.0 Å². The topological polar surface area (TPSA) is 120 Å². The number of pyridine rings is 1. The number of allylic oxidation sites excluding steroid dienone is 4. The molecule has 2 aromatic heterocycles. The van der Waals surface area contributed by atoms with Gasteiger partial charge < -0.3 is 22.1 Å². The van der Waals surface area contributed by atoms with Crippen LogP contribution in [0.2, 0.25) is 0 Å². The third-order valence-corrected chi connectivity index (χ3v) is 5.99. The van der Waals surface area contributed by atoms with Crippen LogP contribution >= 0.6 is 0 Å². The Kier molecular flexibility index (Phi) is 10.7. The molecule has 0 spiro atoms. The van der Waals surface area contributed by atoms with Crippen LogP contribution < -0.4 is 22.1 Å². The number of nitrogens with zero attached hydrogens (tertiary/aromatic N) is 4. The molecule has 0 aromatic carbocycles. The molecule has 0 saturated heterocycles. The molecule has 0 aliphatic rings. The minimum atomic E-state index is 0.0364. The Morgan fingerprint density at radius 1 is 1.20 bits per heavy atom. The molecule has 8 heteroatoms. The largest absolute Gasteiger partial charge is 0.399 e. The first-order chi connectivity index (χ1) is 16.7. The van der Waals surface area contributed by atoms with Crippen LogP contribution in [-0.4, -0.2) is 32.1 Å². The maximum Gasteiger partial charge on any atom is 0.109 e. The Labute approximate surface area is 210 Å². The smallest absolute Gasteiger partial charge is 0.109 e. The number of aryl methyl sites for hydroxylation is 1. The molecule has 8 nitrogen and oxygen atoms in total. The average Bonchev–Trinajstić information content (AvgIpc) is 3.36. The average molecular weight is 479 g/mol. The van der Waals surface area contributed by atoms with Crippen molar-refractivity contribution in [3.8, 4) is 5.69 Å². The lowest BCUT2D eigenvalue weighted by atomic mass is 10.0. The van der Waals surface area contributed by atoms with Gasteiger partial charge in [0.15, 0.2) is 0 Å². The van der Waals surface area contributed by atoms with E-state index in [1.165, 1.54) is 0 Å². The molecule has 0 saturated carbocycles. The van der Waals surface area contributed by atoms with Gasteiger partial charge in [-0.3, -0.25) is 4.98 Å². The van der Waals surface area contributed by atoms with E-state index in [1.807, 2.05) is 52.1 Å². The summed E-state index contributed by atoms with van der Waals surface area (Å²) in [6, 6.07) is 2.21. The van der Waals surface area contributed by atoms with E-state index < -0.39 is 0 Å². The van der Waals surface area contributed by atoms with Gasteiger partial charge in [0.2, 0.25) is 0 Å². The van der Waals surface area contributed by atoms with Crippen molar-refractivity contribution in [2.75, 3.05) is 5.32 Å². The summed E-state index contributed by atoms with van der Waals surface area (Å²) in [6.07, 6.45) is 13.5. The number of unbranched alkanes of at least 4 members (excludes halogenated alkanes) is 2. The number of nitrogens with one attached hydrogen (secondary N) is 2. The summed E-state index contributed by atoms with van der Waals surface area (Å²) in [5, 5.41) is 15.6. The van der Waals surface area contributed by atoms with Gasteiger partial charge in [0.25, 0.3) is 0 Å². The SMILES string of the molecule is C=C(N)C(=C/C(C)=C(\C)NC(C)C(C)N)/C(=C/C)Nc1cnc(CCCCC)c(-n2nccn2)c1. The second kappa shape index (κ2) is 13.5. The maximum atomic E-state index is 6.22. The highest BCUT2D eigenvalue weighted by atomic mass is 15.5. The zero-order valence-corrected chi connectivity index (χ0v) is 22.1. The highest BCUT2D eigenvalue weighted by molar-refractivity contribution is 5.60. The van der Waals surface area contributed by atoms with Crippen LogP contribution in [0.1, 0.15) is 66.5 Å². The predicted molar refractivity (Wildman–Crippen MR) is 146 cm³/mol. The summed E-state index contributed by atoms with van der Waals surface area (Å²) in [6.45, 7) is 16.3. The summed E-state index contributed by atoms with van der Waals surface area (Å²) in [5.74, 6) is 0. The number of nitrogens with two attached hydrogens (primary N) is 2. The summed E-state index contributed by atoms with van der Waals surface area (Å²) in [4.78, 5) is 6.36. The van der Waals surface area contributed by atoms with Crippen LogP contribution in [0.25, 0.3) is 5.69 Å². The maximum absolute atomic E-state index is 6.22. The molecule has 0 aliphatic carbocycles. The first kappa shape index (κ1) is 27.9. The van der Waals surface area contributed by atoms with Gasteiger partial charge in [-0.25, -0.2) is 0 Å². The van der Waals surface area contributed by atoms with Gasteiger partial charge in [-0.05, 0) is 65.2 Å². The Balaban J connectivity index is 2.37. The van der Waals surface area contributed by atoms with Crippen LogP contribution in [0.15, 0.2) is 71.6 Å². The van der Waals surface area contributed by atoms with Gasteiger partial charge in [0.1, 0.15) is 5.69 Å². The van der Waals surface area contributed by atoms with E-state index >= 15 is 0 Å². The van der Waals surface area contributed by atoms with Gasteiger partial charge in [-0.1, -0.05) is 32.4 Å². The lowest BCUT2D eigenvalue weighted by Crippen LogP contribution is -2.40. The fourth-order valence-electron chi connectivity index (χ4n) is 3.50. The van der Waals surface area contributed by atoms with Crippen molar-refractivity contribution >= 4 is 5.69 Å². The lowest BCUT2D eigenvalue weighted by Gasteiger charge is -2.21. The van der Waals surface area contributed by atoms with Crippen molar-refractivity contribution in [1.29, 1.82) is 0 Å². The van der Waals surface area contributed by atoms with E-state index in [4.69, 9.17) is 16.5 Å². The van der Waals surface area contributed by atoms with Crippen LogP contribution in [0.3, 0.4) is 0 Å². The molecule has 0 radical (unpaired) electrons. The quantitative estimate of drug-likeness (QED) is 0.243. The molecule has 2 heterocycles. The molecule has 2 atom stereocenters. The fraction of sp³-hybridized carbons (Fsp3) is 0.444. The molecular weight excluding hydrogens is 436 g/mol. The first-order valence-electron chi connectivity index (χ1n) is 12.3. The molecule has 2 unspecified atom stereocenters. The van der Waals surface area contributed by atoms with Crippen molar-refractivity contribution in [2.24, 2.45) is 11.5 Å². The fourth-order valence-corrected chi connectivity index (χ4v) is 3.50. The zero-order chi connectivity index (χ0) is 26.0. The van der Waals surface area contributed by atoms with Crippen molar-refractivity contribution < 1.29 is 0 Å². The molecule has 0 aliphatic heterocycles. The van der Waals surface area contributed by atoms with E-state index in [2.05, 4.69) is 41.3 Å². The Hall–Kier alpha value is -3.39. The highest BCUT2D eigenvalue weighted by Crippen LogP contribution is 2.24. The van der Waals surface area contributed by atoms with Crippen molar-refractivity contribution in [2.45, 2.75) is 79.3 Å². The Bertz CT molecular complexity index is 1060. The number of hydrogen-bond acceptors (Lipinski definition) is 7. The zero-order valence-electron chi connectivity index (χ0n) is 22.1. The molecule has 190 valence electrons. The summed E-state index contributed by atoms with van der Waals surface area (Å²) < 4.78 is 0. The van der Waals surface area contributed by atoms with Crippen molar-refractivity contribution in [3.05, 3.63) is 77.3 Å². The molecular formula is C27H42N8. The molecule has 35 heavy (non-hydrogen) atoms. The third-order valence-electron chi connectivity index (χ3n) is 5.99. The lowest BCUT2D eigenvalue weighted by molar-refractivity contribution is 0.520. The molecule has 6 N–H and O–H groups in total. The van der Waals surface area contributed by atoms with Gasteiger partial charge >= 0.3 is 0 Å². The Morgan fingerprint density at radius 2 is 1.89 bits per heavy atom.